The van der Waals surface area contributed by atoms with E-state index in [0.717, 1.165) is 19.6 Å². The Hall–Kier alpha value is -1.16. The summed E-state index contributed by atoms with van der Waals surface area (Å²) in [4.78, 5) is 16.4. The first kappa shape index (κ1) is 14.3. The van der Waals surface area contributed by atoms with Crippen LogP contribution < -0.4 is 4.90 Å². The topological polar surface area (TPSA) is 23.6 Å². The van der Waals surface area contributed by atoms with Crippen LogP contribution in [0, 0.1) is 6.92 Å². The molecule has 0 bridgehead atoms. The zero-order valence-electron chi connectivity index (χ0n) is 11.9. The number of rotatable bonds is 3. The summed E-state index contributed by atoms with van der Waals surface area (Å²) in [5, 5.41) is 0. The molecule has 3 nitrogen and oxygen atoms in total. The van der Waals surface area contributed by atoms with Crippen molar-refractivity contribution < 1.29 is 4.79 Å². The van der Waals surface area contributed by atoms with Gasteiger partial charge < -0.3 is 9.80 Å². The van der Waals surface area contributed by atoms with Crippen LogP contribution in [-0.4, -0.2) is 48.5 Å². The highest BCUT2D eigenvalue weighted by Crippen LogP contribution is 2.23. The molecule has 0 N–H and O–H groups in total. The minimum atomic E-state index is 0.268. The molecule has 0 aliphatic carbocycles. The Kier molecular flexibility index (Phi) is 4.75. The Morgan fingerprint density at radius 2 is 2.11 bits per heavy atom. The first-order valence-electron chi connectivity index (χ1n) is 6.72. The van der Waals surface area contributed by atoms with Gasteiger partial charge >= 0.3 is 0 Å². The fraction of sp³-hybridized carbons (Fsp3) is 0.533. The lowest BCUT2D eigenvalue weighted by Gasteiger charge is -2.41. The Morgan fingerprint density at radius 1 is 1.37 bits per heavy atom. The summed E-state index contributed by atoms with van der Waals surface area (Å²) in [6, 6.07) is 8.75. The van der Waals surface area contributed by atoms with Gasteiger partial charge in [0.25, 0.3) is 0 Å². The van der Waals surface area contributed by atoms with Gasteiger partial charge in [-0.25, -0.2) is 0 Å². The molecule has 1 aliphatic rings. The van der Waals surface area contributed by atoms with Crippen LogP contribution in [0.3, 0.4) is 0 Å². The summed E-state index contributed by atoms with van der Waals surface area (Å²) in [5.74, 6) is 0.860. The number of hydrogen-bond acceptors (Lipinski definition) is 3. The largest absolute Gasteiger partial charge is 0.367 e. The van der Waals surface area contributed by atoms with Crippen LogP contribution in [-0.2, 0) is 4.79 Å². The zero-order chi connectivity index (χ0) is 13.8. The van der Waals surface area contributed by atoms with Crippen LogP contribution in [0.1, 0.15) is 12.5 Å². The fourth-order valence-corrected chi connectivity index (χ4v) is 3.08. The lowest BCUT2D eigenvalue weighted by molar-refractivity contribution is -0.130. The second-order valence-corrected chi connectivity index (χ2v) is 5.97. The van der Waals surface area contributed by atoms with E-state index in [2.05, 4.69) is 43.0 Å². The summed E-state index contributed by atoms with van der Waals surface area (Å²) in [5.41, 5.74) is 2.60. The third kappa shape index (κ3) is 3.24. The molecule has 0 unspecified atom stereocenters. The molecule has 4 heteroatoms. The first-order valence-corrected chi connectivity index (χ1v) is 8.12. The smallest absolute Gasteiger partial charge is 0.232 e. The Bertz CT molecular complexity index is 450. The number of carbonyl (C=O) groups is 1. The van der Waals surface area contributed by atoms with E-state index in [1.54, 1.807) is 11.8 Å². The van der Waals surface area contributed by atoms with Gasteiger partial charge in [0.15, 0.2) is 0 Å². The van der Waals surface area contributed by atoms with E-state index in [1.165, 1.54) is 11.3 Å². The molecule has 19 heavy (non-hydrogen) atoms. The molecule has 1 aromatic carbocycles. The minimum absolute atomic E-state index is 0.268. The van der Waals surface area contributed by atoms with Crippen LogP contribution in [0.25, 0.3) is 0 Å². The van der Waals surface area contributed by atoms with Crippen molar-refractivity contribution in [2.75, 3.05) is 36.5 Å². The lowest BCUT2D eigenvalue weighted by Crippen LogP contribution is -2.54. The molecular weight excluding hydrogens is 256 g/mol. The maximum atomic E-state index is 12.0. The van der Waals surface area contributed by atoms with E-state index in [0.29, 0.717) is 5.75 Å². The van der Waals surface area contributed by atoms with Crippen molar-refractivity contribution in [3.63, 3.8) is 0 Å². The number of nitrogens with zero attached hydrogens (tertiary/aromatic N) is 2. The van der Waals surface area contributed by atoms with Gasteiger partial charge in [0.05, 0.1) is 5.75 Å². The molecule has 0 spiro atoms. The third-order valence-electron chi connectivity index (χ3n) is 3.67. The molecule has 1 amide bonds. The average molecular weight is 278 g/mol. The molecule has 1 saturated heterocycles. The van der Waals surface area contributed by atoms with Crippen LogP contribution >= 0.6 is 11.8 Å². The Balaban J connectivity index is 2.04. The highest BCUT2D eigenvalue weighted by atomic mass is 32.2. The highest BCUT2D eigenvalue weighted by Gasteiger charge is 2.27. The quantitative estimate of drug-likeness (QED) is 0.848. The van der Waals surface area contributed by atoms with Crippen LogP contribution in [0.15, 0.2) is 24.3 Å². The molecule has 0 aromatic heterocycles. The molecule has 0 radical (unpaired) electrons. The van der Waals surface area contributed by atoms with E-state index in [9.17, 15) is 4.79 Å². The molecule has 1 aliphatic heterocycles. The normalized spacial score (nSPS) is 19.6. The summed E-state index contributed by atoms with van der Waals surface area (Å²) in [6.07, 6.45) is 1.98. The van der Waals surface area contributed by atoms with Gasteiger partial charge in [0.2, 0.25) is 5.91 Å². The molecule has 1 atom stereocenters. The number of para-hydroxylation sites is 1. The fourth-order valence-electron chi connectivity index (χ4n) is 2.67. The number of thioether (sulfide) groups is 1. The summed E-state index contributed by atoms with van der Waals surface area (Å²) in [6.45, 7) is 6.96. The lowest BCUT2D eigenvalue weighted by atomic mass is 10.1. The number of hydrogen-bond donors (Lipinski definition) is 0. The Morgan fingerprint density at radius 3 is 2.74 bits per heavy atom. The van der Waals surface area contributed by atoms with E-state index in [4.69, 9.17) is 0 Å². The van der Waals surface area contributed by atoms with Crippen molar-refractivity contribution in [1.82, 2.24) is 4.90 Å². The zero-order valence-corrected chi connectivity index (χ0v) is 12.7. The molecule has 0 saturated carbocycles. The Labute approximate surface area is 120 Å². The van der Waals surface area contributed by atoms with Crippen molar-refractivity contribution >= 4 is 23.4 Å². The number of piperazine rings is 1. The van der Waals surface area contributed by atoms with E-state index >= 15 is 0 Å². The molecule has 2 rings (SSSR count). The van der Waals surface area contributed by atoms with E-state index in [1.807, 2.05) is 11.2 Å². The van der Waals surface area contributed by atoms with Gasteiger partial charge in [-0.05, 0) is 31.7 Å². The summed E-state index contributed by atoms with van der Waals surface area (Å²) in [7, 11) is 0. The summed E-state index contributed by atoms with van der Waals surface area (Å²) >= 11 is 1.60. The van der Waals surface area contributed by atoms with Crippen LogP contribution in [0.2, 0.25) is 0 Å². The highest BCUT2D eigenvalue weighted by molar-refractivity contribution is 7.99. The van der Waals surface area contributed by atoms with Crippen molar-refractivity contribution in [3.8, 4) is 0 Å². The SMILES string of the molecule is CSCC(=O)N1CCN(c2ccccc2C)C[C@H]1C. The summed E-state index contributed by atoms with van der Waals surface area (Å²) < 4.78 is 0. The van der Waals surface area contributed by atoms with Gasteiger partial charge in [-0.3, -0.25) is 4.79 Å². The van der Waals surface area contributed by atoms with Crippen molar-refractivity contribution in [1.29, 1.82) is 0 Å². The van der Waals surface area contributed by atoms with Crippen molar-refractivity contribution in [3.05, 3.63) is 29.8 Å². The predicted octanol–water partition coefficient (Wildman–Crippen LogP) is 2.40. The van der Waals surface area contributed by atoms with Crippen LogP contribution in [0.4, 0.5) is 5.69 Å². The molecule has 1 aromatic rings. The predicted molar refractivity (Wildman–Crippen MR) is 82.9 cm³/mol. The first-order chi connectivity index (χ1) is 9.13. The van der Waals surface area contributed by atoms with E-state index in [-0.39, 0.29) is 11.9 Å². The molecule has 104 valence electrons. The average Bonchev–Trinajstić information content (AvgIpc) is 2.39. The van der Waals surface area contributed by atoms with Gasteiger partial charge in [-0.1, -0.05) is 18.2 Å². The monoisotopic (exact) mass is 278 g/mol. The number of carbonyl (C=O) groups excluding carboxylic acids is 1. The van der Waals surface area contributed by atoms with Gasteiger partial charge in [-0.2, -0.15) is 11.8 Å². The molecule has 1 fully saturated rings. The second-order valence-electron chi connectivity index (χ2n) is 5.10. The van der Waals surface area contributed by atoms with Crippen molar-refractivity contribution in [2.45, 2.75) is 19.9 Å². The minimum Gasteiger partial charge on any atom is -0.367 e. The van der Waals surface area contributed by atoms with Gasteiger partial charge in [0.1, 0.15) is 0 Å². The van der Waals surface area contributed by atoms with Gasteiger partial charge in [-0.15, -0.1) is 0 Å². The second kappa shape index (κ2) is 6.33. The maximum absolute atomic E-state index is 12.0. The van der Waals surface area contributed by atoms with Crippen LogP contribution in [0.5, 0.6) is 0 Å². The van der Waals surface area contributed by atoms with Crippen molar-refractivity contribution in [2.24, 2.45) is 0 Å². The molecule has 1 heterocycles. The maximum Gasteiger partial charge on any atom is 0.232 e. The number of benzene rings is 1. The number of aryl methyl sites for hydroxylation is 1. The van der Waals surface area contributed by atoms with Gasteiger partial charge in [0, 0.05) is 31.4 Å². The number of anilines is 1. The van der Waals surface area contributed by atoms with E-state index < -0.39 is 0 Å². The molecular formula is C15H22N2OS. The standard InChI is InChI=1S/C15H22N2OS/c1-12-6-4-5-7-14(12)16-8-9-17(13(2)10-16)15(18)11-19-3/h4-7,13H,8-11H2,1-3H3/t13-/m1/s1. The number of amides is 1. The third-order valence-corrected chi connectivity index (χ3v) is 4.21.